The number of anilines is 3. The number of alkyl halides is 2. The van der Waals surface area contributed by atoms with E-state index in [0.29, 0.717) is 4.47 Å². The van der Waals surface area contributed by atoms with Crippen molar-refractivity contribution >= 4 is 33.0 Å². The van der Waals surface area contributed by atoms with E-state index in [9.17, 15) is 17.6 Å². The fourth-order valence-corrected chi connectivity index (χ4v) is 1.93. The molecular weight excluding hydrogens is 356 g/mol. The van der Waals surface area contributed by atoms with Gasteiger partial charge in [-0.2, -0.15) is 8.78 Å². The third-order valence-electron chi connectivity index (χ3n) is 2.52. The Hall–Kier alpha value is -1.96. The first-order chi connectivity index (χ1) is 9.86. The molecule has 0 fully saturated rings. The summed E-state index contributed by atoms with van der Waals surface area (Å²) in [7, 11) is 0. The van der Waals surface area contributed by atoms with Crippen LogP contribution < -0.4 is 15.8 Å². The molecule has 0 saturated carbocycles. The predicted octanol–water partition coefficient (Wildman–Crippen LogP) is 4.65. The summed E-state index contributed by atoms with van der Waals surface area (Å²) in [5, 5.41) is 2.60. The zero-order chi connectivity index (χ0) is 15.6. The summed E-state index contributed by atoms with van der Waals surface area (Å²) in [6, 6.07) is 5.95. The molecule has 3 nitrogen and oxygen atoms in total. The van der Waals surface area contributed by atoms with Gasteiger partial charge in [-0.25, -0.2) is 8.78 Å². The highest BCUT2D eigenvalue weighted by Gasteiger charge is 2.14. The number of ether oxygens (including phenoxy) is 1. The second kappa shape index (κ2) is 6.21. The zero-order valence-corrected chi connectivity index (χ0v) is 11.9. The summed E-state index contributed by atoms with van der Waals surface area (Å²) in [5.74, 6) is -2.31. The number of halogens is 5. The van der Waals surface area contributed by atoms with E-state index in [1.807, 2.05) is 0 Å². The Balaban J connectivity index is 2.34. The average molecular weight is 365 g/mol. The van der Waals surface area contributed by atoms with Gasteiger partial charge in [0.25, 0.3) is 0 Å². The fraction of sp³-hybridized carbons (Fsp3) is 0.0769. The van der Waals surface area contributed by atoms with Gasteiger partial charge in [-0.05, 0) is 18.2 Å². The summed E-state index contributed by atoms with van der Waals surface area (Å²) >= 11 is 3.10. The molecule has 0 saturated heterocycles. The van der Waals surface area contributed by atoms with E-state index < -0.39 is 24.0 Å². The molecule has 0 spiro atoms. The highest BCUT2D eigenvalue weighted by Crippen LogP contribution is 2.32. The first kappa shape index (κ1) is 15.4. The molecule has 0 heterocycles. The van der Waals surface area contributed by atoms with Crippen molar-refractivity contribution in [3.05, 3.63) is 46.4 Å². The van der Waals surface area contributed by atoms with Crippen molar-refractivity contribution in [3.8, 4) is 5.75 Å². The number of nitrogen functional groups attached to an aromatic ring is 1. The van der Waals surface area contributed by atoms with E-state index in [1.54, 1.807) is 6.07 Å². The van der Waals surface area contributed by atoms with Gasteiger partial charge in [0.1, 0.15) is 5.82 Å². The minimum atomic E-state index is -3.18. The third-order valence-corrected chi connectivity index (χ3v) is 3.01. The molecule has 112 valence electrons. The molecule has 0 aromatic heterocycles. The highest BCUT2D eigenvalue weighted by molar-refractivity contribution is 9.10. The van der Waals surface area contributed by atoms with Gasteiger partial charge in [0.05, 0.1) is 17.1 Å². The van der Waals surface area contributed by atoms with Gasteiger partial charge in [0, 0.05) is 16.6 Å². The van der Waals surface area contributed by atoms with Crippen LogP contribution in [0.15, 0.2) is 34.8 Å². The van der Waals surface area contributed by atoms with Crippen molar-refractivity contribution in [2.24, 2.45) is 0 Å². The van der Waals surface area contributed by atoms with Gasteiger partial charge in [-0.3, -0.25) is 0 Å². The maximum Gasteiger partial charge on any atom is 0.387 e. The minimum absolute atomic E-state index is 0.0493. The Morgan fingerprint density at radius 1 is 1.05 bits per heavy atom. The van der Waals surface area contributed by atoms with E-state index in [1.165, 1.54) is 12.1 Å². The van der Waals surface area contributed by atoms with Crippen LogP contribution in [0.1, 0.15) is 0 Å². The Kier molecular flexibility index (Phi) is 4.56. The normalized spacial score (nSPS) is 10.8. The molecule has 0 bridgehead atoms. The number of nitrogens with one attached hydrogen (secondary N) is 1. The number of rotatable bonds is 4. The molecule has 2 aromatic carbocycles. The van der Waals surface area contributed by atoms with Crippen LogP contribution in [0.2, 0.25) is 0 Å². The first-order valence-electron chi connectivity index (χ1n) is 5.62. The molecule has 2 rings (SSSR count). The van der Waals surface area contributed by atoms with Gasteiger partial charge in [0.15, 0.2) is 11.6 Å². The van der Waals surface area contributed by atoms with Crippen LogP contribution in [0.25, 0.3) is 0 Å². The van der Waals surface area contributed by atoms with Crippen LogP contribution in [-0.4, -0.2) is 6.61 Å². The van der Waals surface area contributed by atoms with Crippen LogP contribution in [-0.2, 0) is 0 Å². The van der Waals surface area contributed by atoms with Crippen LogP contribution in [0.4, 0.5) is 34.6 Å². The molecule has 0 radical (unpaired) electrons. The van der Waals surface area contributed by atoms with Crippen LogP contribution >= 0.6 is 15.9 Å². The Labute approximate surface area is 125 Å². The summed E-state index contributed by atoms with van der Waals surface area (Å²) in [6.07, 6.45) is 0. The van der Waals surface area contributed by atoms with Crippen LogP contribution in [0, 0.1) is 11.6 Å². The van der Waals surface area contributed by atoms with Crippen LogP contribution in [0.5, 0.6) is 5.75 Å². The molecule has 0 aliphatic heterocycles. The van der Waals surface area contributed by atoms with E-state index in [4.69, 9.17) is 5.73 Å². The predicted molar refractivity (Wildman–Crippen MR) is 74.8 cm³/mol. The topological polar surface area (TPSA) is 47.3 Å². The minimum Gasteiger partial charge on any atom is -0.432 e. The summed E-state index contributed by atoms with van der Waals surface area (Å²) < 4.78 is 56.0. The second-order valence-electron chi connectivity index (χ2n) is 4.00. The summed E-state index contributed by atoms with van der Waals surface area (Å²) in [5.41, 5.74) is 5.60. The maximum atomic E-state index is 13.7. The van der Waals surface area contributed by atoms with Gasteiger partial charge < -0.3 is 15.8 Å². The summed E-state index contributed by atoms with van der Waals surface area (Å²) in [4.78, 5) is 0. The molecule has 8 heteroatoms. The van der Waals surface area contributed by atoms with Crippen molar-refractivity contribution in [2.45, 2.75) is 6.61 Å². The van der Waals surface area contributed by atoms with Crippen molar-refractivity contribution in [3.63, 3.8) is 0 Å². The monoisotopic (exact) mass is 364 g/mol. The number of hydrogen-bond donors (Lipinski definition) is 2. The van der Waals surface area contributed by atoms with E-state index >= 15 is 0 Å². The first-order valence-corrected chi connectivity index (χ1v) is 6.42. The lowest BCUT2D eigenvalue weighted by Crippen LogP contribution is -2.06. The molecule has 21 heavy (non-hydrogen) atoms. The molecule has 2 aromatic rings. The lowest BCUT2D eigenvalue weighted by Gasteiger charge is -2.13. The molecule has 3 N–H and O–H groups in total. The standard InChI is InChI=1S/C13H9BrF4N2O/c14-6-1-2-10(7(15)3-6)20-11-5-12(21-13(17)18)8(16)4-9(11)19/h1-5,13,20H,19H2. The van der Waals surface area contributed by atoms with Gasteiger partial charge in [0.2, 0.25) is 0 Å². The fourth-order valence-electron chi connectivity index (χ4n) is 1.60. The molecule has 0 unspecified atom stereocenters. The van der Waals surface area contributed by atoms with Gasteiger partial charge in [-0.15, -0.1) is 0 Å². The Bertz CT molecular complexity index is 667. The molecule has 0 aliphatic rings. The smallest absolute Gasteiger partial charge is 0.387 e. The zero-order valence-electron chi connectivity index (χ0n) is 10.3. The SMILES string of the molecule is Nc1cc(F)c(OC(F)F)cc1Nc1ccc(Br)cc1F. The van der Waals surface area contributed by atoms with Crippen molar-refractivity contribution < 1.29 is 22.3 Å². The molecular formula is C13H9BrF4N2O. The maximum absolute atomic E-state index is 13.7. The molecule has 0 aliphatic carbocycles. The molecule has 0 atom stereocenters. The van der Waals surface area contributed by atoms with E-state index in [0.717, 1.165) is 12.1 Å². The second-order valence-corrected chi connectivity index (χ2v) is 4.91. The van der Waals surface area contributed by atoms with Crippen LogP contribution in [0.3, 0.4) is 0 Å². The third kappa shape index (κ3) is 3.78. The van der Waals surface area contributed by atoms with Crippen molar-refractivity contribution in [2.75, 3.05) is 11.1 Å². The average Bonchev–Trinajstić information content (AvgIpc) is 2.37. The Morgan fingerprint density at radius 2 is 1.76 bits per heavy atom. The van der Waals surface area contributed by atoms with Crippen molar-refractivity contribution in [1.29, 1.82) is 0 Å². The summed E-state index contributed by atoms with van der Waals surface area (Å²) in [6.45, 7) is -3.18. The number of nitrogens with two attached hydrogens (primary N) is 1. The van der Waals surface area contributed by atoms with Gasteiger partial charge in [-0.1, -0.05) is 15.9 Å². The van der Waals surface area contributed by atoms with Gasteiger partial charge >= 0.3 is 6.61 Å². The number of benzene rings is 2. The highest BCUT2D eigenvalue weighted by atomic mass is 79.9. The lowest BCUT2D eigenvalue weighted by molar-refractivity contribution is -0.0521. The quantitative estimate of drug-likeness (QED) is 0.612. The lowest BCUT2D eigenvalue weighted by atomic mass is 10.2. The molecule has 0 amide bonds. The Morgan fingerprint density at radius 3 is 2.38 bits per heavy atom. The number of hydrogen-bond acceptors (Lipinski definition) is 3. The largest absolute Gasteiger partial charge is 0.432 e. The van der Waals surface area contributed by atoms with E-state index in [2.05, 4.69) is 26.0 Å². The van der Waals surface area contributed by atoms with Crippen molar-refractivity contribution in [1.82, 2.24) is 0 Å². The van der Waals surface area contributed by atoms with E-state index in [-0.39, 0.29) is 17.1 Å².